The van der Waals surface area contributed by atoms with Gasteiger partial charge in [-0.3, -0.25) is 0 Å². The van der Waals surface area contributed by atoms with Crippen molar-refractivity contribution in [3.05, 3.63) is 24.3 Å². The molecular weight excluding hydrogens is 338 g/mol. The summed E-state index contributed by atoms with van der Waals surface area (Å²) in [4.78, 5) is 0. The topological polar surface area (TPSA) is 18.5 Å². The zero-order valence-electron chi connectivity index (χ0n) is 6.84. The molecule has 0 amide bonds. The number of halogens is 4. The van der Waals surface area contributed by atoms with Crippen molar-refractivity contribution in [3.8, 4) is 11.5 Å². The minimum atomic E-state index is -3.50. The van der Waals surface area contributed by atoms with E-state index in [1.54, 1.807) is 12.1 Å². The van der Waals surface area contributed by atoms with Gasteiger partial charge in [0.1, 0.15) is 0 Å². The van der Waals surface area contributed by atoms with Gasteiger partial charge in [-0.25, -0.2) is 0 Å². The van der Waals surface area contributed by atoms with E-state index in [1.165, 1.54) is 12.1 Å². The summed E-state index contributed by atoms with van der Waals surface area (Å²) in [5.74, 6) is 0.162. The largest absolute Gasteiger partial charge is 2.00 e. The fourth-order valence-electron chi connectivity index (χ4n) is 0.896. The van der Waals surface area contributed by atoms with Gasteiger partial charge in [0.25, 0.3) is 0 Å². The molecule has 2 nitrogen and oxygen atoms in total. The van der Waals surface area contributed by atoms with Crippen LogP contribution in [0.2, 0.25) is 0 Å². The van der Waals surface area contributed by atoms with Gasteiger partial charge >= 0.3 is 29.3 Å². The van der Waals surface area contributed by atoms with Gasteiger partial charge in [-0.2, -0.15) is 0 Å². The van der Waals surface area contributed by atoms with E-state index in [2.05, 4.69) is 9.47 Å². The summed E-state index contributed by atoms with van der Waals surface area (Å²) < 4.78 is 32.9. The Morgan fingerprint density at radius 3 is 1.64 bits per heavy atom. The molecule has 74 valence electrons. The second-order valence-electron chi connectivity index (χ2n) is 2.11. The van der Waals surface area contributed by atoms with Crippen LogP contribution in [0.25, 0.3) is 0 Å². The van der Waals surface area contributed by atoms with Crippen molar-refractivity contribution in [1.82, 2.24) is 0 Å². The Labute approximate surface area is 117 Å². The molecule has 0 atom stereocenters. The molecule has 2 rings (SSSR count). The van der Waals surface area contributed by atoms with Gasteiger partial charge in [0.05, 0.1) is 0 Å². The summed E-state index contributed by atoms with van der Waals surface area (Å²) >= 11 is 0. The zero-order chi connectivity index (χ0) is 7.90. The second-order valence-corrected chi connectivity index (χ2v) is 2.11. The van der Waals surface area contributed by atoms with Crippen LogP contribution in [0.1, 0.15) is 0 Å². The van der Waals surface area contributed by atoms with Crippen LogP contribution >= 0.6 is 0 Å². The Kier molecular flexibility index (Phi) is 7.32. The monoisotopic (exact) mass is 340 g/mol. The molecule has 0 saturated carbocycles. The van der Waals surface area contributed by atoms with Crippen molar-refractivity contribution in [3.63, 3.8) is 0 Å². The van der Waals surface area contributed by atoms with Crippen molar-refractivity contribution in [2.75, 3.05) is 0 Å². The maximum Gasteiger partial charge on any atom is 2.00 e. The number of alkyl halides is 2. The number of benzene rings is 1. The van der Waals surface area contributed by atoms with Crippen LogP contribution in [-0.2, 0) is 0 Å². The Morgan fingerprint density at radius 2 is 1.29 bits per heavy atom. The molecule has 0 radical (unpaired) electrons. The van der Waals surface area contributed by atoms with Gasteiger partial charge in [-0.1, -0.05) is 12.1 Å². The average Bonchev–Trinajstić information content (AvgIpc) is 2.21. The van der Waals surface area contributed by atoms with Gasteiger partial charge in [-0.05, 0) is 12.1 Å². The molecule has 0 unspecified atom stereocenters. The van der Waals surface area contributed by atoms with E-state index < -0.39 is 6.29 Å². The van der Waals surface area contributed by atoms with E-state index in [0.717, 1.165) is 0 Å². The van der Waals surface area contributed by atoms with E-state index in [1.807, 2.05) is 0 Å². The number of rotatable bonds is 0. The molecule has 0 aromatic heterocycles. The van der Waals surface area contributed by atoms with Crippen LogP contribution < -0.4 is 43.4 Å². The van der Waals surface area contributed by atoms with E-state index in [4.69, 9.17) is 0 Å². The van der Waals surface area contributed by atoms with Gasteiger partial charge in [0, 0.05) is 0 Å². The Balaban J connectivity index is 0. The molecule has 0 aliphatic carbocycles. The Hall–Kier alpha value is 0.406. The Bertz CT molecular complexity index is 272. The maximum absolute atomic E-state index is 12.3. The molecule has 0 bridgehead atoms. The molecule has 0 saturated heterocycles. The number of hydrogen-bond donors (Lipinski definition) is 0. The van der Waals surface area contributed by atoms with Gasteiger partial charge in [-0.15, -0.1) is 8.78 Å². The number of ether oxygens (including phenoxy) is 2. The molecule has 0 N–H and O–H groups in total. The van der Waals surface area contributed by atoms with Gasteiger partial charge < -0.3 is 43.4 Å². The van der Waals surface area contributed by atoms with Crippen molar-refractivity contribution < 1.29 is 52.2 Å². The van der Waals surface area contributed by atoms with Crippen LogP contribution in [0.15, 0.2) is 24.3 Å². The summed E-state index contributed by atoms with van der Waals surface area (Å²) in [6.07, 6.45) is -3.50. The number of para-hydroxylation sites is 2. The van der Waals surface area contributed by atoms with E-state index in [9.17, 15) is 8.78 Å². The van der Waals surface area contributed by atoms with Crippen molar-refractivity contribution in [2.45, 2.75) is 6.29 Å². The molecule has 1 aromatic rings. The molecule has 14 heavy (non-hydrogen) atoms. The molecule has 7 heteroatoms. The minimum absolute atomic E-state index is 0. The van der Waals surface area contributed by atoms with E-state index in [0.29, 0.717) is 0 Å². The van der Waals surface area contributed by atoms with Gasteiger partial charge in [0.2, 0.25) is 0 Å². The summed E-state index contributed by atoms with van der Waals surface area (Å²) in [6.45, 7) is 0. The normalized spacial score (nSPS) is 14.4. The average molecular weight is 342 g/mol. The summed E-state index contributed by atoms with van der Waals surface area (Å²) in [5, 5.41) is 0. The van der Waals surface area contributed by atoms with Crippen LogP contribution in [0, 0.1) is 0 Å². The molecule has 0 spiro atoms. The molecule has 1 aromatic carbocycles. The van der Waals surface area contributed by atoms with Gasteiger partial charge in [0.15, 0.2) is 11.5 Å². The first-order chi connectivity index (χ1) is 5.17. The standard InChI is InChI=1S/C7H4F2O2.2BrH.Mg/c8-7(9)10-5-3-1-2-4-6(5)11-7;;;/h1-4H;2*1H;/q;;;+2/p-2. The summed E-state index contributed by atoms with van der Waals surface area (Å²) in [5.41, 5.74) is 0. The van der Waals surface area contributed by atoms with Crippen LogP contribution in [-0.4, -0.2) is 29.3 Å². The minimum Gasteiger partial charge on any atom is -1.00 e. The molecule has 1 aliphatic heterocycles. The van der Waals surface area contributed by atoms with Crippen molar-refractivity contribution in [2.24, 2.45) is 0 Å². The van der Waals surface area contributed by atoms with E-state index in [-0.39, 0.29) is 68.5 Å². The fraction of sp³-hybridized carbons (Fsp3) is 0.143. The maximum atomic E-state index is 12.3. The summed E-state index contributed by atoms with van der Waals surface area (Å²) in [6, 6.07) is 6.06. The fourth-order valence-corrected chi connectivity index (χ4v) is 0.896. The van der Waals surface area contributed by atoms with Crippen LogP contribution in [0.4, 0.5) is 8.78 Å². The summed E-state index contributed by atoms with van der Waals surface area (Å²) in [7, 11) is 0. The second kappa shape index (κ2) is 6.09. The van der Waals surface area contributed by atoms with Crippen LogP contribution in [0.5, 0.6) is 11.5 Å². The number of hydrogen-bond acceptors (Lipinski definition) is 2. The first kappa shape index (κ1) is 16.8. The predicted molar refractivity (Wildman–Crippen MR) is 38.4 cm³/mol. The third-order valence-corrected chi connectivity index (χ3v) is 1.31. The first-order valence-electron chi connectivity index (χ1n) is 3.02. The smallest absolute Gasteiger partial charge is 1.00 e. The van der Waals surface area contributed by atoms with E-state index >= 15 is 0 Å². The predicted octanol–water partition coefficient (Wildman–Crippen LogP) is -4.36. The molecular formula is C7H4Br2F2MgO2. The molecule has 1 heterocycles. The quantitative estimate of drug-likeness (QED) is 0.444. The Morgan fingerprint density at radius 1 is 0.929 bits per heavy atom. The third-order valence-electron chi connectivity index (χ3n) is 1.31. The first-order valence-corrected chi connectivity index (χ1v) is 3.02. The molecule has 1 aliphatic rings. The van der Waals surface area contributed by atoms with Crippen LogP contribution in [0.3, 0.4) is 0 Å². The SMILES string of the molecule is FC1(F)Oc2ccccc2O1.[Br-].[Br-].[Mg+2]. The number of fused-ring (bicyclic) bond motifs is 1. The third kappa shape index (κ3) is 3.52. The molecule has 0 fully saturated rings. The zero-order valence-corrected chi connectivity index (χ0v) is 11.4. The van der Waals surface area contributed by atoms with Crippen molar-refractivity contribution in [1.29, 1.82) is 0 Å². The van der Waals surface area contributed by atoms with Crippen molar-refractivity contribution >= 4 is 23.1 Å².